The van der Waals surface area contributed by atoms with Gasteiger partial charge in [-0.3, -0.25) is 4.79 Å². The number of nitrogens with zero attached hydrogens (tertiary/aromatic N) is 1. The molecule has 3 rings (SSSR count). The van der Waals surface area contributed by atoms with Crippen molar-refractivity contribution in [3.8, 4) is 5.75 Å². The number of anilines is 1. The van der Waals surface area contributed by atoms with E-state index in [1.54, 1.807) is 0 Å². The average molecular weight is 388 g/mol. The van der Waals surface area contributed by atoms with Gasteiger partial charge in [-0.05, 0) is 64.5 Å². The lowest BCUT2D eigenvalue weighted by Crippen LogP contribution is -2.35. The molecule has 0 radical (unpaired) electrons. The molecule has 1 heterocycles. The van der Waals surface area contributed by atoms with Gasteiger partial charge in [0.1, 0.15) is 5.75 Å². The van der Waals surface area contributed by atoms with Crippen LogP contribution >= 0.6 is 15.9 Å². The number of amides is 1. The SMILES string of the molecule is CC(C)COc1ccc(C(=O)N2CCCc3ccccc32)cc1Br. The smallest absolute Gasteiger partial charge is 0.258 e. The minimum absolute atomic E-state index is 0.0401. The van der Waals surface area contributed by atoms with Gasteiger partial charge in [0, 0.05) is 17.8 Å². The topological polar surface area (TPSA) is 29.5 Å². The summed E-state index contributed by atoms with van der Waals surface area (Å²) in [4.78, 5) is 14.8. The first kappa shape index (κ1) is 17.0. The first-order valence-electron chi connectivity index (χ1n) is 8.38. The van der Waals surface area contributed by atoms with E-state index < -0.39 is 0 Å². The van der Waals surface area contributed by atoms with Crippen molar-refractivity contribution in [2.45, 2.75) is 26.7 Å². The van der Waals surface area contributed by atoms with Crippen molar-refractivity contribution >= 4 is 27.5 Å². The molecule has 0 atom stereocenters. The van der Waals surface area contributed by atoms with Crippen molar-refractivity contribution in [2.75, 3.05) is 18.1 Å². The number of para-hydroxylation sites is 1. The van der Waals surface area contributed by atoms with Crippen LogP contribution in [0.5, 0.6) is 5.75 Å². The molecule has 24 heavy (non-hydrogen) atoms. The third kappa shape index (κ3) is 3.64. The van der Waals surface area contributed by atoms with Crippen molar-refractivity contribution in [3.63, 3.8) is 0 Å². The van der Waals surface area contributed by atoms with Gasteiger partial charge in [0.2, 0.25) is 0 Å². The Bertz CT molecular complexity index is 742. The number of ether oxygens (including phenoxy) is 1. The minimum Gasteiger partial charge on any atom is -0.492 e. The molecule has 4 heteroatoms. The Morgan fingerprint density at radius 1 is 1.25 bits per heavy atom. The number of hydrogen-bond acceptors (Lipinski definition) is 2. The predicted molar refractivity (Wildman–Crippen MR) is 101 cm³/mol. The van der Waals surface area contributed by atoms with Gasteiger partial charge < -0.3 is 9.64 Å². The molecule has 0 aliphatic carbocycles. The van der Waals surface area contributed by atoms with Crippen LogP contribution in [0.3, 0.4) is 0 Å². The van der Waals surface area contributed by atoms with Gasteiger partial charge in [-0.15, -0.1) is 0 Å². The Morgan fingerprint density at radius 3 is 2.79 bits per heavy atom. The van der Waals surface area contributed by atoms with E-state index in [1.807, 2.05) is 41.3 Å². The summed E-state index contributed by atoms with van der Waals surface area (Å²) in [5.41, 5.74) is 2.95. The van der Waals surface area contributed by atoms with Crippen LogP contribution in [-0.2, 0) is 6.42 Å². The van der Waals surface area contributed by atoms with Crippen molar-refractivity contribution in [1.82, 2.24) is 0 Å². The first-order chi connectivity index (χ1) is 11.6. The Morgan fingerprint density at radius 2 is 2.04 bits per heavy atom. The molecule has 126 valence electrons. The lowest BCUT2D eigenvalue weighted by atomic mass is 10.0. The fourth-order valence-corrected chi connectivity index (χ4v) is 3.40. The summed E-state index contributed by atoms with van der Waals surface area (Å²) in [5, 5.41) is 0. The molecule has 0 saturated heterocycles. The highest BCUT2D eigenvalue weighted by atomic mass is 79.9. The van der Waals surface area contributed by atoms with E-state index in [1.165, 1.54) is 5.56 Å². The number of aryl methyl sites for hydroxylation is 1. The van der Waals surface area contributed by atoms with Crippen molar-refractivity contribution in [3.05, 3.63) is 58.1 Å². The van der Waals surface area contributed by atoms with E-state index >= 15 is 0 Å². The zero-order valence-corrected chi connectivity index (χ0v) is 15.7. The summed E-state index contributed by atoms with van der Waals surface area (Å²) < 4.78 is 6.58. The summed E-state index contributed by atoms with van der Waals surface area (Å²) in [6, 6.07) is 13.7. The molecule has 0 fully saturated rings. The molecule has 1 amide bonds. The van der Waals surface area contributed by atoms with E-state index in [-0.39, 0.29) is 5.91 Å². The maximum atomic E-state index is 13.0. The number of benzene rings is 2. The van der Waals surface area contributed by atoms with Crippen LogP contribution in [0.4, 0.5) is 5.69 Å². The fourth-order valence-electron chi connectivity index (χ4n) is 2.91. The number of carbonyl (C=O) groups excluding carboxylic acids is 1. The second-order valence-electron chi connectivity index (χ2n) is 6.54. The molecule has 1 aliphatic heterocycles. The molecule has 0 unspecified atom stereocenters. The molecule has 1 aliphatic rings. The third-order valence-electron chi connectivity index (χ3n) is 4.11. The molecule has 2 aromatic carbocycles. The highest BCUT2D eigenvalue weighted by Crippen LogP contribution is 2.31. The lowest BCUT2D eigenvalue weighted by Gasteiger charge is -2.29. The number of halogens is 1. The van der Waals surface area contributed by atoms with Crippen molar-refractivity contribution in [2.24, 2.45) is 5.92 Å². The zero-order chi connectivity index (χ0) is 17.1. The van der Waals surface area contributed by atoms with Gasteiger partial charge in [0.05, 0.1) is 11.1 Å². The molecule has 0 N–H and O–H groups in total. The molecule has 0 bridgehead atoms. The molecular weight excluding hydrogens is 366 g/mol. The second kappa shape index (κ2) is 7.39. The normalized spacial score (nSPS) is 13.8. The maximum absolute atomic E-state index is 13.0. The van der Waals surface area contributed by atoms with Crippen LogP contribution in [0.1, 0.15) is 36.2 Å². The van der Waals surface area contributed by atoms with Crippen LogP contribution < -0.4 is 9.64 Å². The van der Waals surface area contributed by atoms with Crippen molar-refractivity contribution < 1.29 is 9.53 Å². The fraction of sp³-hybridized carbons (Fsp3) is 0.350. The van der Waals surface area contributed by atoms with E-state index in [2.05, 4.69) is 35.8 Å². The van der Waals surface area contributed by atoms with Gasteiger partial charge in [-0.2, -0.15) is 0 Å². The number of rotatable bonds is 4. The van der Waals surface area contributed by atoms with E-state index in [9.17, 15) is 4.79 Å². The van der Waals surface area contributed by atoms with Crippen LogP contribution in [0.2, 0.25) is 0 Å². The molecule has 0 saturated carbocycles. The predicted octanol–water partition coefficient (Wildman–Crippen LogP) is 5.08. The van der Waals surface area contributed by atoms with Gasteiger partial charge in [-0.1, -0.05) is 32.0 Å². The quantitative estimate of drug-likeness (QED) is 0.731. The molecular formula is C20H22BrNO2. The summed E-state index contributed by atoms with van der Waals surface area (Å²) >= 11 is 3.53. The van der Waals surface area contributed by atoms with Gasteiger partial charge in [0.25, 0.3) is 5.91 Å². The highest BCUT2D eigenvalue weighted by Gasteiger charge is 2.23. The standard InChI is InChI=1S/C20H22BrNO2/c1-14(2)13-24-19-10-9-16(12-17(19)21)20(23)22-11-5-7-15-6-3-4-8-18(15)22/h3-4,6,8-10,12,14H,5,7,11,13H2,1-2H3. The van der Waals surface area contributed by atoms with Gasteiger partial charge >= 0.3 is 0 Å². The number of hydrogen-bond donors (Lipinski definition) is 0. The lowest BCUT2D eigenvalue weighted by molar-refractivity contribution is 0.0985. The molecule has 0 aromatic heterocycles. The monoisotopic (exact) mass is 387 g/mol. The summed E-state index contributed by atoms with van der Waals surface area (Å²) in [5.74, 6) is 1.28. The Hall–Kier alpha value is -1.81. The Kier molecular flexibility index (Phi) is 5.24. The summed E-state index contributed by atoms with van der Waals surface area (Å²) in [6.07, 6.45) is 2.03. The number of fused-ring (bicyclic) bond motifs is 1. The average Bonchev–Trinajstić information content (AvgIpc) is 2.59. The van der Waals surface area contributed by atoms with Crippen LogP contribution in [-0.4, -0.2) is 19.1 Å². The molecule has 0 spiro atoms. The van der Waals surface area contributed by atoms with Crippen LogP contribution in [0.15, 0.2) is 46.9 Å². The maximum Gasteiger partial charge on any atom is 0.258 e. The summed E-state index contributed by atoms with van der Waals surface area (Å²) in [6.45, 7) is 5.64. The van der Waals surface area contributed by atoms with E-state index in [0.29, 0.717) is 18.1 Å². The van der Waals surface area contributed by atoms with Gasteiger partial charge in [-0.25, -0.2) is 0 Å². The largest absolute Gasteiger partial charge is 0.492 e. The van der Waals surface area contributed by atoms with Crippen LogP contribution in [0, 0.1) is 5.92 Å². The van der Waals surface area contributed by atoms with Crippen LogP contribution in [0.25, 0.3) is 0 Å². The Balaban J connectivity index is 1.82. The Labute approximate surface area is 151 Å². The van der Waals surface area contributed by atoms with E-state index in [4.69, 9.17) is 4.74 Å². The van der Waals surface area contributed by atoms with E-state index in [0.717, 1.165) is 35.3 Å². The third-order valence-corrected chi connectivity index (χ3v) is 4.73. The summed E-state index contributed by atoms with van der Waals surface area (Å²) in [7, 11) is 0. The zero-order valence-electron chi connectivity index (χ0n) is 14.1. The molecule has 3 nitrogen and oxygen atoms in total. The second-order valence-corrected chi connectivity index (χ2v) is 7.39. The minimum atomic E-state index is 0.0401. The number of carbonyl (C=O) groups is 1. The van der Waals surface area contributed by atoms with Gasteiger partial charge in [0.15, 0.2) is 0 Å². The highest BCUT2D eigenvalue weighted by molar-refractivity contribution is 9.10. The molecule has 2 aromatic rings. The van der Waals surface area contributed by atoms with Crippen molar-refractivity contribution in [1.29, 1.82) is 0 Å². The first-order valence-corrected chi connectivity index (χ1v) is 9.17.